The van der Waals surface area contributed by atoms with Gasteiger partial charge in [-0.25, -0.2) is 4.79 Å². The summed E-state index contributed by atoms with van der Waals surface area (Å²) in [4.78, 5) is 26.8. The number of amides is 1. The molecule has 0 aromatic heterocycles. The van der Waals surface area contributed by atoms with Gasteiger partial charge >= 0.3 is 12.1 Å². The highest BCUT2D eigenvalue weighted by atomic mass is 16.6. The summed E-state index contributed by atoms with van der Waals surface area (Å²) in [5, 5.41) is 8.94. The molecular formula is C17H25N3O4. The summed E-state index contributed by atoms with van der Waals surface area (Å²) >= 11 is 0. The van der Waals surface area contributed by atoms with E-state index in [0.717, 1.165) is 5.69 Å². The lowest BCUT2D eigenvalue weighted by atomic mass is 10.1. The molecular weight excluding hydrogens is 310 g/mol. The Morgan fingerprint density at radius 3 is 2.33 bits per heavy atom. The van der Waals surface area contributed by atoms with Crippen molar-refractivity contribution >= 4 is 23.4 Å². The van der Waals surface area contributed by atoms with Gasteiger partial charge in [0.25, 0.3) is 0 Å². The van der Waals surface area contributed by atoms with Crippen molar-refractivity contribution in [2.45, 2.75) is 32.8 Å². The predicted molar refractivity (Wildman–Crippen MR) is 92.2 cm³/mol. The van der Waals surface area contributed by atoms with Crippen molar-refractivity contribution in [3.63, 3.8) is 0 Å². The van der Waals surface area contributed by atoms with Crippen LogP contribution in [0.15, 0.2) is 18.2 Å². The van der Waals surface area contributed by atoms with Crippen LogP contribution < -0.4 is 10.6 Å². The highest BCUT2D eigenvalue weighted by Crippen LogP contribution is 2.23. The third-order valence-electron chi connectivity index (χ3n) is 3.65. The summed E-state index contributed by atoms with van der Waals surface area (Å²) in [7, 11) is 0. The van der Waals surface area contributed by atoms with E-state index in [0.29, 0.717) is 37.4 Å². The molecule has 1 heterocycles. The minimum Gasteiger partial charge on any atom is -0.481 e. The lowest BCUT2D eigenvalue weighted by Crippen LogP contribution is -2.50. The van der Waals surface area contributed by atoms with Gasteiger partial charge in [0.1, 0.15) is 5.60 Å². The van der Waals surface area contributed by atoms with Crippen molar-refractivity contribution in [1.29, 1.82) is 0 Å². The van der Waals surface area contributed by atoms with Gasteiger partial charge in [0.2, 0.25) is 0 Å². The third-order valence-corrected chi connectivity index (χ3v) is 3.65. The zero-order valence-electron chi connectivity index (χ0n) is 14.4. The Bertz CT molecular complexity index is 617. The Hall–Kier alpha value is -2.44. The van der Waals surface area contributed by atoms with Crippen molar-refractivity contribution in [3.05, 3.63) is 23.8 Å². The summed E-state index contributed by atoms with van der Waals surface area (Å²) in [6.45, 7) is 7.94. The molecule has 1 aromatic carbocycles. The third kappa shape index (κ3) is 5.04. The van der Waals surface area contributed by atoms with Crippen LogP contribution in [0.5, 0.6) is 0 Å². The minimum absolute atomic E-state index is 0.0596. The quantitative estimate of drug-likeness (QED) is 0.820. The fourth-order valence-electron chi connectivity index (χ4n) is 2.63. The number of nitrogen functional groups attached to an aromatic ring is 1. The maximum Gasteiger partial charge on any atom is 0.410 e. The molecule has 0 aliphatic carbocycles. The molecule has 132 valence electrons. The second kappa shape index (κ2) is 6.98. The van der Waals surface area contributed by atoms with Gasteiger partial charge < -0.3 is 25.4 Å². The summed E-state index contributed by atoms with van der Waals surface area (Å²) in [5.41, 5.74) is 7.47. The number of carbonyl (C=O) groups is 2. The average molecular weight is 335 g/mol. The van der Waals surface area contributed by atoms with Crippen molar-refractivity contribution in [3.8, 4) is 0 Å². The van der Waals surface area contributed by atoms with Gasteiger partial charge in [-0.2, -0.15) is 0 Å². The number of carbonyl (C=O) groups excluding carboxylic acids is 1. The molecule has 0 bridgehead atoms. The minimum atomic E-state index is -0.888. The molecule has 0 atom stereocenters. The van der Waals surface area contributed by atoms with E-state index in [-0.39, 0.29) is 12.5 Å². The number of aliphatic carboxylic acids is 1. The number of carboxylic acid groups (broad SMARTS) is 1. The number of ether oxygens (including phenoxy) is 1. The number of anilines is 2. The van der Waals surface area contributed by atoms with Crippen LogP contribution in [0.2, 0.25) is 0 Å². The van der Waals surface area contributed by atoms with E-state index in [1.807, 2.05) is 32.9 Å². The smallest absolute Gasteiger partial charge is 0.410 e. The molecule has 24 heavy (non-hydrogen) atoms. The molecule has 1 aliphatic rings. The molecule has 1 fully saturated rings. The molecule has 0 radical (unpaired) electrons. The number of hydrogen-bond acceptors (Lipinski definition) is 5. The zero-order valence-corrected chi connectivity index (χ0v) is 14.4. The summed E-state index contributed by atoms with van der Waals surface area (Å²) in [5.74, 6) is -0.888. The van der Waals surface area contributed by atoms with Crippen molar-refractivity contribution in [1.82, 2.24) is 4.90 Å². The Labute approximate surface area is 142 Å². The maximum atomic E-state index is 12.1. The molecule has 7 heteroatoms. The second-order valence-electron chi connectivity index (χ2n) is 6.96. The standard InChI is InChI=1S/C17H25N3O4/c1-17(2,3)24-16(23)20-6-4-19(5-7-20)14-9-12(10-15(21)22)8-13(18)11-14/h8-9,11H,4-7,10,18H2,1-3H3,(H,21,22). The molecule has 1 saturated heterocycles. The first-order valence-corrected chi connectivity index (χ1v) is 7.98. The van der Waals surface area contributed by atoms with E-state index < -0.39 is 11.6 Å². The number of rotatable bonds is 3. The van der Waals surface area contributed by atoms with Gasteiger partial charge in [-0.05, 0) is 44.5 Å². The summed E-state index contributed by atoms with van der Waals surface area (Å²) in [6, 6.07) is 5.34. The number of piperazine rings is 1. The number of nitrogens with two attached hydrogens (primary N) is 1. The van der Waals surface area contributed by atoms with Crippen LogP contribution in [-0.4, -0.2) is 53.8 Å². The SMILES string of the molecule is CC(C)(C)OC(=O)N1CCN(c2cc(N)cc(CC(=O)O)c2)CC1. The average Bonchev–Trinajstić information content (AvgIpc) is 2.44. The van der Waals surface area contributed by atoms with Gasteiger partial charge in [0.15, 0.2) is 0 Å². The van der Waals surface area contributed by atoms with Crippen LogP contribution >= 0.6 is 0 Å². The second-order valence-corrected chi connectivity index (χ2v) is 6.96. The number of benzene rings is 1. The Morgan fingerprint density at radius 1 is 1.17 bits per heavy atom. The first kappa shape index (κ1) is 17.9. The fraction of sp³-hybridized carbons (Fsp3) is 0.529. The van der Waals surface area contributed by atoms with Gasteiger partial charge in [0.05, 0.1) is 6.42 Å². The zero-order chi connectivity index (χ0) is 17.9. The Morgan fingerprint density at radius 2 is 1.79 bits per heavy atom. The van der Waals surface area contributed by atoms with Crippen molar-refractivity contribution in [2.24, 2.45) is 0 Å². The van der Waals surface area contributed by atoms with Gasteiger partial charge in [0, 0.05) is 37.6 Å². The molecule has 0 unspecified atom stereocenters. The van der Waals surface area contributed by atoms with Crippen LogP contribution in [-0.2, 0) is 16.0 Å². The molecule has 0 saturated carbocycles. The van der Waals surface area contributed by atoms with Crippen molar-refractivity contribution in [2.75, 3.05) is 36.8 Å². The predicted octanol–water partition coefficient (Wildman–Crippen LogP) is 1.95. The van der Waals surface area contributed by atoms with E-state index >= 15 is 0 Å². The van der Waals surface area contributed by atoms with E-state index in [2.05, 4.69) is 4.90 Å². The van der Waals surface area contributed by atoms with Gasteiger partial charge in [-0.15, -0.1) is 0 Å². The highest BCUT2D eigenvalue weighted by molar-refractivity contribution is 5.72. The Kier molecular flexibility index (Phi) is 5.21. The lowest BCUT2D eigenvalue weighted by Gasteiger charge is -2.37. The topological polar surface area (TPSA) is 96.1 Å². The normalized spacial score (nSPS) is 15.3. The van der Waals surface area contributed by atoms with E-state index in [9.17, 15) is 9.59 Å². The van der Waals surface area contributed by atoms with Gasteiger partial charge in [-0.3, -0.25) is 4.79 Å². The maximum absolute atomic E-state index is 12.1. The van der Waals surface area contributed by atoms with E-state index in [4.69, 9.17) is 15.6 Å². The first-order valence-electron chi connectivity index (χ1n) is 7.98. The van der Waals surface area contributed by atoms with Crippen LogP contribution in [0, 0.1) is 0 Å². The Balaban J connectivity index is 2.00. The number of carboxylic acids is 1. The molecule has 7 nitrogen and oxygen atoms in total. The van der Waals surface area contributed by atoms with Gasteiger partial charge in [-0.1, -0.05) is 0 Å². The van der Waals surface area contributed by atoms with E-state index in [1.165, 1.54) is 0 Å². The first-order chi connectivity index (χ1) is 11.1. The van der Waals surface area contributed by atoms with Crippen molar-refractivity contribution < 1.29 is 19.4 Å². The molecule has 1 aromatic rings. The largest absolute Gasteiger partial charge is 0.481 e. The fourth-order valence-corrected chi connectivity index (χ4v) is 2.63. The molecule has 2 rings (SSSR count). The highest BCUT2D eigenvalue weighted by Gasteiger charge is 2.26. The monoisotopic (exact) mass is 335 g/mol. The molecule has 0 spiro atoms. The molecule has 1 aliphatic heterocycles. The lowest BCUT2D eigenvalue weighted by molar-refractivity contribution is -0.136. The summed E-state index contributed by atoms with van der Waals surface area (Å²) < 4.78 is 5.38. The molecule has 1 amide bonds. The number of hydrogen-bond donors (Lipinski definition) is 2. The van der Waals surface area contributed by atoms with E-state index in [1.54, 1.807) is 11.0 Å². The van der Waals surface area contributed by atoms with Crippen LogP contribution in [0.1, 0.15) is 26.3 Å². The van der Waals surface area contributed by atoms with Crippen LogP contribution in [0.25, 0.3) is 0 Å². The van der Waals surface area contributed by atoms with Crippen LogP contribution in [0.4, 0.5) is 16.2 Å². The summed E-state index contributed by atoms with van der Waals surface area (Å²) in [6.07, 6.45) is -0.364. The molecule has 3 N–H and O–H groups in total. The number of nitrogens with zero attached hydrogens (tertiary/aromatic N) is 2. The van der Waals surface area contributed by atoms with Crippen LogP contribution in [0.3, 0.4) is 0 Å².